The zero-order valence-electron chi connectivity index (χ0n) is 9.74. The van der Waals surface area contributed by atoms with Crippen molar-refractivity contribution in [2.75, 3.05) is 13.2 Å². The van der Waals surface area contributed by atoms with Gasteiger partial charge in [0, 0.05) is 13.2 Å². The summed E-state index contributed by atoms with van der Waals surface area (Å²) in [6, 6.07) is 0. The topological polar surface area (TPSA) is 60.2 Å². The van der Waals surface area contributed by atoms with E-state index in [1.165, 1.54) is 19.3 Å². The van der Waals surface area contributed by atoms with Crippen molar-refractivity contribution < 1.29 is 9.37 Å². The molecule has 5 heteroatoms. The molecule has 1 unspecified atom stereocenters. The van der Waals surface area contributed by atoms with Gasteiger partial charge >= 0.3 is 0 Å². The molecule has 2 rings (SSSR count). The van der Waals surface area contributed by atoms with E-state index in [0.717, 1.165) is 37.5 Å². The van der Waals surface area contributed by atoms with E-state index in [4.69, 9.17) is 4.74 Å². The molecule has 1 saturated heterocycles. The first kappa shape index (κ1) is 11.5. The van der Waals surface area contributed by atoms with Crippen molar-refractivity contribution in [3.05, 3.63) is 11.4 Å². The van der Waals surface area contributed by atoms with Gasteiger partial charge in [-0.3, -0.25) is 0 Å². The van der Waals surface area contributed by atoms with Gasteiger partial charge in [0.25, 0.3) is 0 Å². The predicted molar refractivity (Wildman–Crippen MR) is 58.9 cm³/mol. The van der Waals surface area contributed by atoms with Crippen LogP contribution in [0, 0.1) is 6.92 Å². The van der Waals surface area contributed by atoms with Crippen molar-refractivity contribution in [3.63, 3.8) is 0 Å². The van der Waals surface area contributed by atoms with Gasteiger partial charge in [-0.25, -0.2) is 4.63 Å². The summed E-state index contributed by atoms with van der Waals surface area (Å²) in [5, 5.41) is 10.9. The second-order valence-corrected chi connectivity index (χ2v) is 4.25. The maximum absolute atomic E-state index is 5.65. The third-order valence-electron chi connectivity index (χ3n) is 2.96. The number of ether oxygens (including phenoxy) is 1. The summed E-state index contributed by atoms with van der Waals surface area (Å²) >= 11 is 0. The van der Waals surface area contributed by atoms with Crippen LogP contribution in [0.4, 0.5) is 0 Å². The highest BCUT2D eigenvalue weighted by molar-refractivity contribution is 5.03. The fourth-order valence-electron chi connectivity index (χ4n) is 1.91. The van der Waals surface area contributed by atoms with Gasteiger partial charge in [0.2, 0.25) is 0 Å². The van der Waals surface area contributed by atoms with Gasteiger partial charge in [0.1, 0.15) is 11.4 Å². The minimum absolute atomic E-state index is 0.442. The molecule has 1 aliphatic heterocycles. The van der Waals surface area contributed by atoms with Gasteiger partial charge in [-0.15, -0.1) is 0 Å². The highest BCUT2D eigenvalue weighted by Crippen LogP contribution is 2.14. The Labute approximate surface area is 95.5 Å². The average molecular weight is 225 g/mol. The molecule has 0 radical (unpaired) electrons. The molecule has 5 nitrogen and oxygen atoms in total. The second-order valence-electron chi connectivity index (χ2n) is 4.25. The Morgan fingerprint density at radius 2 is 2.31 bits per heavy atom. The van der Waals surface area contributed by atoms with Crippen LogP contribution in [0.5, 0.6) is 0 Å². The van der Waals surface area contributed by atoms with Gasteiger partial charge in [-0.05, 0) is 39.2 Å². The van der Waals surface area contributed by atoms with E-state index in [-0.39, 0.29) is 0 Å². The first-order valence-corrected chi connectivity index (χ1v) is 5.96. The Hall–Kier alpha value is -0.940. The maximum Gasteiger partial charge on any atom is 0.121 e. The third-order valence-corrected chi connectivity index (χ3v) is 2.96. The molecule has 0 bridgehead atoms. The number of rotatable bonds is 5. The van der Waals surface area contributed by atoms with Crippen LogP contribution in [0.15, 0.2) is 4.63 Å². The van der Waals surface area contributed by atoms with Crippen LogP contribution in [0.25, 0.3) is 0 Å². The Balaban J connectivity index is 1.59. The molecule has 0 aliphatic carbocycles. The first-order chi connectivity index (χ1) is 7.86. The largest absolute Gasteiger partial charge is 0.378 e. The normalized spacial score (nSPS) is 21.2. The number of hydrogen-bond acceptors (Lipinski definition) is 5. The van der Waals surface area contributed by atoms with Crippen molar-refractivity contribution in [1.29, 1.82) is 0 Å². The minimum Gasteiger partial charge on any atom is -0.378 e. The fourth-order valence-corrected chi connectivity index (χ4v) is 1.91. The van der Waals surface area contributed by atoms with Crippen molar-refractivity contribution >= 4 is 0 Å². The predicted octanol–water partition coefficient (Wildman–Crippen LogP) is 1.43. The van der Waals surface area contributed by atoms with Crippen molar-refractivity contribution in [1.82, 2.24) is 15.6 Å². The van der Waals surface area contributed by atoms with Crippen LogP contribution >= 0.6 is 0 Å². The molecule has 0 saturated carbocycles. The minimum atomic E-state index is 0.442. The molecular weight excluding hydrogens is 206 g/mol. The lowest BCUT2D eigenvalue weighted by Crippen LogP contribution is -2.25. The molecule has 1 fully saturated rings. The van der Waals surface area contributed by atoms with Crippen molar-refractivity contribution in [3.8, 4) is 0 Å². The number of hydrogen-bond donors (Lipinski definition) is 1. The average Bonchev–Trinajstić information content (AvgIpc) is 2.72. The number of aryl methyl sites for hydroxylation is 1. The second kappa shape index (κ2) is 5.96. The van der Waals surface area contributed by atoms with E-state index < -0.39 is 0 Å². The molecule has 0 spiro atoms. The smallest absolute Gasteiger partial charge is 0.121 e. The zero-order chi connectivity index (χ0) is 11.2. The van der Waals surface area contributed by atoms with Crippen molar-refractivity contribution in [2.45, 2.75) is 45.3 Å². The van der Waals surface area contributed by atoms with E-state index in [1.54, 1.807) is 0 Å². The summed E-state index contributed by atoms with van der Waals surface area (Å²) in [6.07, 6.45) is 5.24. The van der Waals surface area contributed by atoms with Gasteiger partial charge in [-0.2, -0.15) is 0 Å². The molecule has 16 heavy (non-hydrogen) atoms. The molecule has 0 amide bonds. The third kappa shape index (κ3) is 3.28. The van der Waals surface area contributed by atoms with Gasteiger partial charge in [0.05, 0.1) is 6.10 Å². The standard InChI is InChI=1S/C11H19N3O2/c1-9-11(14-16-13-9)8-12-6-5-10-4-2-3-7-15-10/h10,12H,2-8H2,1H3. The van der Waals surface area contributed by atoms with Gasteiger partial charge in [-0.1, -0.05) is 10.3 Å². The van der Waals surface area contributed by atoms with E-state index in [0.29, 0.717) is 6.10 Å². The molecule has 1 aromatic heterocycles. The quantitative estimate of drug-likeness (QED) is 0.768. The van der Waals surface area contributed by atoms with E-state index >= 15 is 0 Å². The molecule has 90 valence electrons. The maximum atomic E-state index is 5.65. The summed E-state index contributed by atoms with van der Waals surface area (Å²) < 4.78 is 10.3. The van der Waals surface area contributed by atoms with Crippen LogP contribution in [-0.4, -0.2) is 29.6 Å². The van der Waals surface area contributed by atoms with E-state index in [9.17, 15) is 0 Å². The zero-order valence-corrected chi connectivity index (χ0v) is 9.74. The monoisotopic (exact) mass is 225 g/mol. The van der Waals surface area contributed by atoms with Crippen molar-refractivity contribution in [2.24, 2.45) is 0 Å². The lowest BCUT2D eigenvalue weighted by molar-refractivity contribution is 0.0115. The van der Waals surface area contributed by atoms with Crippen LogP contribution in [0.2, 0.25) is 0 Å². The van der Waals surface area contributed by atoms with E-state index in [2.05, 4.69) is 20.3 Å². The highest BCUT2D eigenvalue weighted by Gasteiger charge is 2.13. The molecule has 1 atom stereocenters. The summed E-state index contributed by atoms with van der Waals surface area (Å²) in [7, 11) is 0. The molecule has 0 aromatic carbocycles. The van der Waals surface area contributed by atoms with Crippen LogP contribution in [-0.2, 0) is 11.3 Å². The Morgan fingerprint density at radius 3 is 3.00 bits per heavy atom. The van der Waals surface area contributed by atoms with Crippen LogP contribution in [0.3, 0.4) is 0 Å². The summed E-state index contributed by atoms with van der Waals surface area (Å²) in [5.41, 5.74) is 1.76. The number of nitrogens with zero attached hydrogens (tertiary/aromatic N) is 2. The van der Waals surface area contributed by atoms with E-state index in [1.807, 2.05) is 6.92 Å². The SMILES string of the molecule is Cc1nonc1CNCCC1CCCCO1. The molecular formula is C11H19N3O2. The lowest BCUT2D eigenvalue weighted by Gasteiger charge is -2.22. The lowest BCUT2D eigenvalue weighted by atomic mass is 10.1. The summed E-state index contributed by atoms with van der Waals surface area (Å²) in [6.45, 7) is 4.51. The van der Waals surface area contributed by atoms with Gasteiger partial charge in [0.15, 0.2) is 0 Å². The molecule has 2 heterocycles. The summed E-state index contributed by atoms with van der Waals surface area (Å²) in [5.74, 6) is 0. The fraction of sp³-hybridized carbons (Fsp3) is 0.818. The molecule has 1 aromatic rings. The number of nitrogens with one attached hydrogen (secondary N) is 1. The highest BCUT2D eigenvalue weighted by atomic mass is 16.6. The Bertz CT molecular complexity index is 308. The molecule has 1 N–H and O–H groups in total. The van der Waals surface area contributed by atoms with Crippen LogP contribution in [0.1, 0.15) is 37.1 Å². The first-order valence-electron chi connectivity index (χ1n) is 5.96. The Morgan fingerprint density at radius 1 is 1.38 bits per heavy atom. The summed E-state index contributed by atoms with van der Waals surface area (Å²) in [4.78, 5) is 0. The molecule has 1 aliphatic rings. The Kier molecular flexibility index (Phi) is 4.30. The van der Waals surface area contributed by atoms with Crippen LogP contribution < -0.4 is 5.32 Å². The van der Waals surface area contributed by atoms with Gasteiger partial charge < -0.3 is 10.1 Å². The number of aromatic nitrogens is 2.